The molecule has 324 valence electrons. The molecule has 0 bridgehead atoms. The van der Waals surface area contributed by atoms with Crippen LogP contribution in [0.4, 0.5) is 0 Å². The fraction of sp³-hybridized carbons (Fsp3) is 0.0152. The number of fused-ring (bicyclic) bond motifs is 16. The minimum Gasteiger partial charge on any atom is -0.309 e. The Hall–Kier alpha value is -9.25. The molecule has 3 aromatic heterocycles. The molecule has 4 nitrogen and oxygen atoms in total. The van der Waals surface area contributed by atoms with Crippen molar-refractivity contribution in [3.8, 4) is 73.1 Å². The average molecular weight is 889 g/mol. The van der Waals surface area contributed by atoms with E-state index in [1.54, 1.807) is 0 Å². The molecular formula is C66H40N4. The normalized spacial score (nSPS) is 13.0. The summed E-state index contributed by atoms with van der Waals surface area (Å²) in [5.74, 6) is 0.678. The van der Waals surface area contributed by atoms with Gasteiger partial charge in [0.25, 0.3) is 0 Å². The molecule has 70 heavy (non-hydrogen) atoms. The van der Waals surface area contributed by atoms with Gasteiger partial charge in [-0.05, 0) is 98.4 Å². The van der Waals surface area contributed by atoms with Gasteiger partial charge in [0.15, 0.2) is 5.82 Å². The molecule has 15 rings (SSSR count). The minimum atomic E-state index is -0.460. The monoisotopic (exact) mass is 888 g/mol. The number of rotatable bonds is 5. The molecule has 3 heterocycles. The van der Waals surface area contributed by atoms with E-state index in [-0.39, 0.29) is 0 Å². The molecule has 0 N–H and O–H groups in total. The van der Waals surface area contributed by atoms with E-state index in [1.807, 2.05) is 6.07 Å². The summed E-state index contributed by atoms with van der Waals surface area (Å²) in [5, 5.41) is 5.79. The smallest absolute Gasteiger partial charge is 0.160 e. The maximum atomic E-state index is 5.57. The minimum absolute atomic E-state index is 0.460. The van der Waals surface area contributed by atoms with Crippen molar-refractivity contribution in [2.45, 2.75) is 5.41 Å². The van der Waals surface area contributed by atoms with Gasteiger partial charge >= 0.3 is 0 Å². The zero-order chi connectivity index (χ0) is 45.9. The van der Waals surface area contributed by atoms with Gasteiger partial charge in [0.1, 0.15) is 0 Å². The molecule has 0 unspecified atom stereocenters. The lowest BCUT2D eigenvalue weighted by molar-refractivity contribution is 0.794. The number of pyridine rings is 1. The van der Waals surface area contributed by atoms with E-state index < -0.39 is 5.41 Å². The number of hydrogen-bond donors (Lipinski definition) is 0. The molecule has 0 radical (unpaired) electrons. The predicted octanol–water partition coefficient (Wildman–Crippen LogP) is 16.3. The Morgan fingerprint density at radius 3 is 1.51 bits per heavy atom. The predicted molar refractivity (Wildman–Crippen MR) is 287 cm³/mol. The third-order valence-electron chi connectivity index (χ3n) is 15.0. The maximum absolute atomic E-state index is 5.57. The van der Waals surface area contributed by atoms with Crippen LogP contribution >= 0.6 is 0 Å². The highest BCUT2D eigenvalue weighted by Gasteiger charge is 2.51. The number of benzene rings is 10. The molecule has 13 aromatic rings. The highest BCUT2D eigenvalue weighted by molar-refractivity contribution is 6.20. The molecule has 4 heteroatoms. The fourth-order valence-electron chi connectivity index (χ4n) is 12.0. The molecule has 0 atom stereocenters. The van der Waals surface area contributed by atoms with Gasteiger partial charge in [-0.1, -0.05) is 194 Å². The van der Waals surface area contributed by atoms with Crippen LogP contribution in [0.25, 0.3) is 117 Å². The van der Waals surface area contributed by atoms with Gasteiger partial charge < -0.3 is 4.57 Å². The Labute approximate surface area is 404 Å². The van der Waals surface area contributed by atoms with Gasteiger partial charge in [0.05, 0.1) is 39.0 Å². The quantitative estimate of drug-likeness (QED) is 0.162. The molecular weight excluding hydrogens is 849 g/mol. The van der Waals surface area contributed by atoms with Gasteiger partial charge in [-0.2, -0.15) is 0 Å². The summed E-state index contributed by atoms with van der Waals surface area (Å²) in [6, 6.07) is 87.8. The first-order valence-corrected chi connectivity index (χ1v) is 24.0. The maximum Gasteiger partial charge on any atom is 0.160 e. The first-order valence-electron chi connectivity index (χ1n) is 24.0. The summed E-state index contributed by atoms with van der Waals surface area (Å²) >= 11 is 0. The van der Waals surface area contributed by atoms with Crippen molar-refractivity contribution in [3.63, 3.8) is 0 Å². The average Bonchev–Trinajstić information content (AvgIpc) is 4.04. The van der Waals surface area contributed by atoms with Crippen molar-refractivity contribution < 1.29 is 0 Å². The molecule has 1 spiro atoms. The number of aromatic nitrogens is 4. The molecule has 0 fully saturated rings. The van der Waals surface area contributed by atoms with Crippen LogP contribution in [0.1, 0.15) is 22.3 Å². The molecule has 0 aliphatic heterocycles. The van der Waals surface area contributed by atoms with Gasteiger partial charge in [-0.3, -0.25) is 0 Å². The van der Waals surface area contributed by atoms with E-state index in [0.29, 0.717) is 5.82 Å². The number of para-hydroxylation sites is 2. The second-order valence-corrected chi connectivity index (χ2v) is 18.6. The fourth-order valence-corrected chi connectivity index (χ4v) is 12.0. The zero-order valence-corrected chi connectivity index (χ0v) is 37.9. The van der Waals surface area contributed by atoms with Gasteiger partial charge in [-0.15, -0.1) is 0 Å². The number of hydrogen-bond acceptors (Lipinski definition) is 3. The van der Waals surface area contributed by atoms with E-state index in [0.717, 1.165) is 72.2 Å². The summed E-state index contributed by atoms with van der Waals surface area (Å²) in [4.78, 5) is 16.3. The topological polar surface area (TPSA) is 43.6 Å². The Balaban J connectivity index is 0.949. The lowest BCUT2D eigenvalue weighted by atomic mass is 9.70. The van der Waals surface area contributed by atoms with Gasteiger partial charge in [-0.25, -0.2) is 15.0 Å². The largest absolute Gasteiger partial charge is 0.309 e. The summed E-state index contributed by atoms with van der Waals surface area (Å²) in [7, 11) is 0. The van der Waals surface area contributed by atoms with Crippen LogP contribution in [0.2, 0.25) is 0 Å². The summed E-state index contributed by atoms with van der Waals surface area (Å²) in [6.45, 7) is 0. The Bertz CT molecular complexity index is 4220. The van der Waals surface area contributed by atoms with Crippen molar-refractivity contribution in [3.05, 3.63) is 265 Å². The van der Waals surface area contributed by atoms with Crippen LogP contribution in [0.5, 0.6) is 0 Å². The van der Waals surface area contributed by atoms with Gasteiger partial charge in [0, 0.05) is 49.5 Å². The third kappa shape index (κ3) is 5.50. The Morgan fingerprint density at radius 2 is 0.843 bits per heavy atom. The van der Waals surface area contributed by atoms with Gasteiger partial charge in [0.2, 0.25) is 0 Å². The second-order valence-electron chi connectivity index (χ2n) is 18.6. The van der Waals surface area contributed by atoms with Crippen molar-refractivity contribution >= 4 is 43.5 Å². The van der Waals surface area contributed by atoms with Crippen LogP contribution in [0.3, 0.4) is 0 Å². The summed E-state index contributed by atoms with van der Waals surface area (Å²) in [5.41, 5.74) is 21.0. The molecule has 0 saturated carbocycles. The molecule has 0 saturated heterocycles. The van der Waals surface area contributed by atoms with Crippen LogP contribution < -0.4 is 0 Å². The molecule has 10 aromatic carbocycles. The summed E-state index contributed by atoms with van der Waals surface area (Å²) in [6.07, 6.45) is 0. The van der Waals surface area contributed by atoms with E-state index in [1.165, 1.54) is 60.8 Å². The highest BCUT2D eigenvalue weighted by atomic mass is 15.0. The van der Waals surface area contributed by atoms with E-state index in [4.69, 9.17) is 15.0 Å². The number of nitrogens with zero attached hydrogens (tertiary/aromatic N) is 4. The SMILES string of the molecule is c1ccc(-c2nc(-c3ccc4c(c3)C3(c5ccccc5-c5ccccc53)c3ccccc3-4)cc(-c3ccc4c(c3)nc(-c3ccccc3)c3cc5c(cc34)c3ccccc3n5-c3ccccc3)n2)cc1. The van der Waals surface area contributed by atoms with E-state index in [2.05, 4.69) is 241 Å². The Kier molecular flexibility index (Phi) is 8.25. The third-order valence-corrected chi connectivity index (χ3v) is 15.0. The molecule has 0 amide bonds. The summed E-state index contributed by atoms with van der Waals surface area (Å²) < 4.78 is 2.38. The zero-order valence-electron chi connectivity index (χ0n) is 37.9. The highest BCUT2D eigenvalue weighted by Crippen LogP contribution is 2.63. The Morgan fingerprint density at radius 1 is 0.300 bits per heavy atom. The van der Waals surface area contributed by atoms with Crippen molar-refractivity contribution in [2.24, 2.45) is 0 Å². The van der Waals surface area contributed by atoms with E-state index in [9.17, 15) is 0 Å². The lowest BCUT2D eigenvalue weighted by Gasteiger charge is -2.30. The van der Waals surface area contributed by atoms with Crippen LogP contribution in [0.15, 0.2) is 243 Å². The standard InChI is InChI=1S/C66H40N4/c1-4-18-41(19-5-1)64-54-39-63-53(51-27-13-17-31-62(51)70(63)45-22-8-3-9-23-45)38-52(54)50-35-33-44(37-61(50)67-64)60-40-59(68-65(69-60)42-20-6-2-7-21-42)43-32-34-49-48-26-12-16-30-57(48)66(58(49)36-43)55-28-14-10-24-46(55)47-25-11-15-29-56(47)66/h1-40H. The van der Waals surface area contributed by atoms with Crippen LogP contribution in [-0.4, -0.2) is 19.5 Å². The van der Waals surface area contributed by atoms with Crippen LogP contribution in [-0.2, 0) is 5.41 Å². The van der Waals surface area contributed by atoms with Crippen molar-refractivity contribution in [1.29, 1.82) is 0 Å². The molecule has 2 aliphatic carbocycles. The second kappa shape index (κ2) is 14.9. The van der Waals surface area contributed by atoms with Crippen LogP contribution in [0, 0.1) is 0 Å². The molecule has 2 aliphatic rings. The van der Waals surface area contributed by atoms with E-state index >= 15 is 0 Å². The first-order chi connectivity index (χ1) is 34.7. The first kappa shape index (κ1) is 38.8. The lowest BCUT2D eigenvalue weighted by Crippen LogP contribution is -2.25. The van der Waals surface area contributed by atoms with Crippen molar-refractivity contribution in [2.75, 3.05) is 0 Å². The van der Waals surface area contributed by atoms with Crippen molar-refractivity contribution in [1.82, 2.24) is 19.5 Å².